The van der Waals surface area contributed by atoms with E-state index in [1.807, 2.05) is 22.9 Å². The first-order valence-corrected chi connectivity index (χ1v) is 7.63. The first-order chi connectivity index (χ1) is 11.2. The maximum Gasteiger partial charge on any atom is 0.357 e. The van der Waals surface area contributed by atoms with Gasteiger partial charge in [0.2, 0.25) is 0 Å². The highest BCUT2D eigenvalue weighted by atomic mass is 16.4. The van der Waals surface area contributed by atoms with Gasteiger partial charge in [0.05, 0.1) is 17.5 Å². The topological polar surface area (TPSA) is 83.8 Å². The molecule has 0 saturated carbocycles. The van der Waals surface area contributed by atoms with Gasteiger partial charge in [-0.2, -0.15) is 10.2 Å². The number of fused-ring (bicyclic) bond motifs is 3. The Morgan fingerprint density at radius 1 is 1.26 bits per heavy atom. The summed E-state index contributed by atoms with van der Waals surface area (Å²) >= 11 is 0. The van der Waals surface area contributed by atoms with E-state index in [0.29, 0.717) is 12.1 Å². The Hall–Kier alpha value is -2.89. The molecule has 0 fully saturated rings. The number of benzene rings is 1. The molecule has 4 rings (SSSR count). The molecule has 6 heteroatoms. The summed E-state index contributed by atoms with van der Waals surface area (Å²) in [5.41, 5.74) is 4.86. The molecule has 0 spiro atoms. The molecule has 0 aliphatic heterocycles. The maximum atomic E-state index is 11.6. The number of nitrogens with one attached hydrogen (secondary N) is 1. The van der Waals surface area contributed by atoms with Crippen LogP contribution >= 0.6 is 0 Å². The van der Waals surface area contributed by atoms with Crippen molar-refractivity contribution < 1.29 is 9.90 Å². The number of nitrogens with zero attached hydrogens (tertiary/aromatic N) is 3. The molecule has 2 N–H and O–H groups in total. The zero-order valence-electron chi connectivity index (χ0n) is 12.5. The highest BCUT2D eigenvalue weighted by Crippen LogP contribution is 2.34. The van der Waals surface area contributed by atoms with Crippen molar-refractivity contribution in [1.29, 1.82) is 0 Å². The van der Waals surface area contributed by atoms with Crippen molar-refractivity contribution in [3.63, 3.8) is 0 Å². The lowest BCUT2D eigenvalue weighted by atomic mass is 9.94. The number of aryl methyl sites for hydroxylation is 3. The number of hydrogen-bond acceptors (Lipinski definition) is 3. The van der Waals surface area contributed by atoms with Gasteiger partial charge in [-0.05, 0) is 30.4 Å². The third kappa shape index (κ3) is 2.32. The molecular formula is C17H16N4O2. The van der Waals surface area contributed by atoms with E-state index in [1.165, 1.54) is 5.56 Å². The van der Waals surface area contributed by atoms with Crippen molar-refractivity contribution in [2.45, 2.75) is 25.8 Å². The number of H-pyrrole nitrogens is 1. The van der Waals surface area contributed by atoms with Gasteiger partial charge in [-0.25, -0.2) is 4.79 Å². The van der Waals surface area contributed by atoms with Gasteiger partial charge < -0.3 is 5.11 Å². The van der Waals surface area contributed by atoms with Gasteiger partial charge in [-0.3, -0.25) is 9.78 Å². The minimum Gasteiger partial charge on any atom is -0.476 e. The zero-order valence-corrected chi connectivity index (χ0v) is 12.5. The van der Waals surface area contributed by atoms with Crippen molar-refractivity contribution in [3.05, 3.63) is 59.0 Å². The highest BCUT2D eigenvalue weighted by Gasteiger charge is 2.29. The van der Waals surface area contributed by atoms with Crippen molar-refractivity contribution in [1.82, 2.24) is 20.0 Å². The Kier molecular flexibility index (Phi) is 3.22. The number of hydrogen-bond donors (Lipinski definition) is 2. The summed E-state index contributed by atoms with van der Waals surface area (Å²) in [7, 11) is 0. The smallest absolute Gasteiger partial charge is 0.357 e. The lowest BCUT2D eigenvalue weighted by Gasteiger charge is -2.14. The molecular weight excluding hydrogens is 292 g/mol. The van der Waals surface area contributed by atoms with Crippen molar-refractivity contribution >= 4 is 5.97 Å². The molecule has 0 saturated heterocycles. The Morgan fingerprint density at radius 3 is 2.87 bits per heavy atom. The van der Waals surface area contributed by atoms with Gasteiger partial charge in [-0.15, -0.1) is 0 Å². The number of rotatable bonds is 4. The zero-order chi connectivity index (χ0) is 15.8. The van der Waals surface area contributed by atoms with Crippen LogP contribution in [-0.2, 0) is 25.8 Å². The molecule has 0 amide bonds. The highest BCUT2D eigenvalue weighted by molar-refractivity contribution is 5.95. The second-order valence-electron chi connectivity index (χ2n) is 5.70. The predicted octanol–water partition coefficient (Wildman–Crippen LogP) is 2.31. The van der Waals surface area contributed by atoms with E-state index in [-0.39, 0.29) is 5.69 Å². The molecule has 2 heterocycles. The van der Waals surface area contributed by atoms with Crippen LogP contribution in [0.4, 0.5) is 0 Å². The summed E-state index contributed by atoms with van der Waals surface area (Å²) in [4.78, 5) is 11.6. The third-order valence-electron chi connectivity index (χ3n) is 4.31. The Bertz CT molecular complexity index is 864. The number of aromatic carboxylic acids is 1. The van der Waals surface area contributed by atoms with Crippen LogP contribution in [0.15, 0.2) is 36.5 Å². The minimum atomic E-state index is -0.998. The predicted molar refractivity (Wildman–Crippen MR) is 84.3 cm³/mol. The van der Waals surface area contributed by atoms with Crippen LogP contribution in [0.1, 0.15) is 27.3 Å². The average Bonchev–Trinajstić information content (AvgIpc) is 3.17. The fourth-order valence-electron chi connectivity index (χ4n) is 3.20. The molecule has 3 aromatic rings. The van der Waals surface area contributed by atoms with Crippen LogP contribution < -0.4 is 0 Å². The molecule has 2 aromatic heterocycles. The fraction of sp³-hybridized carbons (Fsp3) is 0.235. The standard InChI is InChI=1S/C17H16N4O2/c22-17(23)16-14-13(7-6-12-10-18-19-15(12)14)21(20-16)9-8-11-4-2-1-3-5-11/h1-5,10H,6-9H2,(H,18,19)(H,22,23). The lowest BCUT2D eigenvalue weighted by Crippen LogP contribution is -2.11. The van der Waals surface area contributed by atoms with E-state index < -0.39 is 5.97 Å². The van der Waals surface area contributed by atoms with Crippen LogP contribution in [0.3, 0.4) is 0 Å². The minimum absolute atomic E-state index is 0.110. The van der Waals surface area contributed by atoms with Crippen LogP contribution in [0, 0.1) is 0 Å². The molecule has 116 valence electrons. The van der Waals surface area contributed by atoms with Gasteiger partial charge in [0.25, 0.3) is 0 Å². The van der Waals surface area contributed by atoms with E-state index in [9.17, 15) is 9.90 Å². The number of aromatic amines is 1. The second-order valence-corrected chi connectivity index (χ2v) is 5.70. The Balaban J connectivity index is 1.72. The first kappa shape index (κ1) is 13.8. The summed E-state index contributed by atoms with van der Waals surface area (Å²) in [5.74, 6) is -0.998. The summed E-state index contributed by atoms with van der Waals surface area (Å²) in [6, 6.07) is 10.1. The van der Waals surface area contributed by atoms with Gasteiger partial charge in [-0.1, -0.05) is 30.3 Å². The quantitative estimate of drug-likeness (QED) is 0.774. The van der Waals surface area contributed by atoms with Crippen molar-refractivity contribution in [2.24, 2.45) is 0 Å². The lowest BCUT2D eigenvalue weighted by molar-refractivity contribution is 0.0690. The van der Waals surface area contributed by atoms with Crippen LogP contribution in [-0.4, -0.2) is 31.1 Å². The van der Waals surface area contributed by atoms with Crippen molar-refractivity contribution in [3.8, 4) is 11.3 Å². The fourth-order valence-corrected chi connectivity index (χ4v) is 3.20. The van der Waals surface area contributed by atoms with Crippen LogP contribution in [0.5, 0.6) is 0 Å². The molecule has 1 aliphatic carbocycles. The molecule has 23 heavy (non-hydrogen) atoms. The Morgan fingerprint density at radius 2 is 2.09 bits per heavy atom. The summed E-state index contributed by atoms with van der Waals surface area (Å²) < 4.78 is 1.84. The average molecular weight is 308 g/mol. The van der Waals surface area contributed by atoms with E-state index >= 15 is 0 Å². The third-order valence-corrected chi connectivity index (χ3v) is 4.31. The number of carboxylic acid groups (broad SMARTS) is 1. The maximum absolute atomic E-state index is 11.6. The molecule has 0 bridgehead atoms. The van der Waals surface area contributed by atoms with Gasteiger partial charge >= 0.3 is 5.97 Å². The molecule has 0 radical (unpaired) electrons. The summed E-state index contributed by atoms with van der Waals surface area (Å²) in [6.07, 6.45) is 4.24. The molecule has 0 unspecified atom stereocenters. The largest absolute Gasteiger partial charge is 0.476 e. The van der Waals surface area contributed by atoms with Gasteiger partial charge in [0.15, 0.2) is 5.69 Å². The van der Waals surface area contributed by atoms with E-state index in [4.69, 9.17) is 0 Å². The SMILES string of the molecule is O=C(O)c1nn(CCc2ccccc2)c2c1-c1[nH]ncc1CC2. The van der Waals surface area contributed by atoms with E-state index in [1.54, 1.807) is 6.20 Å². The van der Waals surface area contributed by atoms with Gasteiger partial charge in [0.1, 0.15) is 0 Å². The van der Waals surface area contributed by atoms with Gasteiger partial charge in [0, 0.05) is 12.2 Å². The summed E-state index contributed by atoms with van der Waals surface area (Å²) in [5, 5.41) is 20.8. The number of carbonyl (C=O) groups is 1. The first-order valence-electron chi connectivity index (χ1n) is 7.63. The van der Waals surface area contributed by atoms with Crippen molar-refractivity contribution in [2.75, 3.05) is 0 Å². The van der Waals surface area contributed by atoms with Crippen LogP contribution in [0.25, 0.3) is 11.3 Å². The molecule has 1 aromatic carbocycles. The Labute approximate surface area is 132 Å². The van der Waals surface area contributed by atoms with E-state index in [0.717, 1.165) is 36.2 Å². The molecule has 1 aliphatic rings. The number of carboxylic acids is 1. The summed E-state index contributed by atoms with van der Waals surface area (Å²) in [6.45, 7) is 0.670. The molecule has 6 nitrogen and oxygen atoms in total. The normalized spacial score (nSPS) is 12.7. The van der Waals surface area contributed by atoms with E-state index in [2.05, 4.69) is 27.4 Å². The molecule has 0 atom stereocenters. The monoisotopic (exact) mass is 308 g/mol. The number of aromatic nitrogens is 4. The second kappa shape index (κ2) is 5.39. The van der Waals surface area contributed by atoms with Crippen LogP contribution in [0.2, 0.25) is 0 Å².